The molecule has 27 heavy (non-hydrogen) atoms. The van der Waals surface area contributed by atoms with E-state index in [9.17, 15) is 9.59 Å². The van der Waals surface area contributed by atoms with E-state index in [4.69, 9.17) is 4.74 Å². The van der Waals surface area contributed by atoms with Gasteiger partial charge in [-0.1, -0.05) is 43.7 Å². The van der Waals surface area contributed by atoms with Gasteiger partial charge in [-0.2, -0.15) is 0 Å². The van der Waals surface area contributed by atoms with Crippen LogP contribution in [0.5, 0.6) is 0 Å². The third-order valence-corrected chi connectivity index (χ3v) is 6.32. The maximum absolute atomic E-state index is 13.1. The minimum Gasteiger partial charge on any atom is -0.353 e. The number of hydrogen-bond donors (Lipinski definition) is 1. The number of nitrogens with one attached hydrogen (secondary N) is 1. The predicted molar refractivity (Wildman–Crippen MR) is 103 cm³/mol. The molecule has 0 unspecified atom stereocenters. The van der Waals surface area contributed by atoms with Crippen LogP contribution >= 0.6 is 0 Å². The van der Waals surface area contributed by atoms with Gasteiger partial charge in [0.25, 0.3) is 0 Å². The number of nitrogens with zero attached hydrogens (tertiary/aromatic N) is 1. The van der Waals surface area contributed by atoms with E-state index >= 15 is 0 Å². The first-order chi connectivity index (χ1) is 13.0. The summed E-state index contributed by atoms with van der Waals surface area (Å²) in [4.78, 5) is 28.1. The third-order valence-electron chi connectivity index (χ3n) is 6.32. The highest BCUT2D eigenvalue weighted by molar-refractivity contribution is 5.90. The van der Waals surface area contributed by atoms with E-state index in [0.717, 1.165) is 37.7 Å². The van der Waals surface area contributed by atoms with Crippen molar-refractivity contribution in [3.63, 3.8) is 0 Å². The van der Waals surface area contributed by atoms with Crippen LogP contribution in [-0.2, 0) is 14.3 Å². The molecule has 5 heteroatoms. The van der Waals surface area contributed by atoms with Crippen LogP contribution in [0.1, 0.15) is 64.0 Å². The number of ether oxygens (including phenoxy) is 1. The topological polar surface area (TPSA) is 58.6 Å². The number of amides is 2. The number of hydrogen-bond acceptors (Lipinski definition) is 3. The predicted octanol–water partition coefficient (Wildman–Crippen LogP) is 3.41. The van der Waals surface area contributed by atoms with E-state index in [1.165, 1.54) is 6.42 Å². The van der Waals surface area contributed by atoms with Crippen molar-refractivity contribution in [3.05, 3.63) is 35.9 Å². The van der Waals surface area contributed by atoms with Gasteiger partial charge in [-0.3, -0.25) is 14.5 Å². The summed E-state index contributed by atoms with van der Waals surface area (Å²) in [5, 5.41) is 3.10. The van der Waals surface area contributed by atoms with E-state index in [0.29, 0.717) is 12.5 Å². The van der Waals surface area contributed by atoms with Gasteiger partial charge in [0.05, 0.1) is 12.6 Å². The van der Waals surface area contributed by atoms with Crippen molar-refractivity contribution < 1.29 is 14.3 Å². The molecule has 1 aromatic rings. The Labute approximate surface area is 161 Å². The van der Waals surface area contributed by atoms with E-state index in [1.807, 2.05) is 42.2 Å². The van der Waals surface area contributed by atoms with Crippen LogP contribution in [-0.4, -0.2) is 35.1 Å². The van der Waals surface area contributed by atoms with Gasteiger partial charge in [0.1, 0.15) is 11.8 Å². The van der Waals surface area contributed by atoms with Crippen molar-refractivity contribution in [2.24, 2.45) is 11.8 Å². The Morgan fingerprint density at radius 2 is 1.96 bits per heavy atom. The number of carbonyl (C=O) groups excluding carboxylic acids is 2. The number of benzene rings is 1. The van der Waals surface area contributed by atoms with Gasteiger partial charge < -0.3 is 10.1 Å². The minimum atomic E-state index is -0.574. The zero-order chi connectivity index (χ0) is 19.0. The highest BCUT2D eigenvalue weighted by atomic mass is 16.5. The normalized spacial score (nSPS) is 31.7. The molecule has 2 amide bonds. The standard InChI is InChI=1S/C22H30N2O3/c1-15-7-6-12-22(13-15)24(21(26)18-10-11-18)19(14-27-22)20(25)23-16(2)17-8-4-3-5-9-17/h3-5,8-9,15-16,18-19H,6-7,10-14H2,1-2H3,(H,23,25)/t15-,16+,19+,22-/m1/s1. The quantitative estimate of drug-likeness (QED) is 0.884. The molecule has 3 fully saturated rings. The molecule has 1 aliphatic heterocycles. The minimum absolute atomic E-state index is 0.0858. The summed E-state index contributed by atoms with van der Waals surface area (Å²) in [7, 11) is 0. The second kappa shape index (κ2) is 7.27. The number of rotatable bonds is 4. The van der Waals surface area contributed by atoms with Crippen LogP contribution in [0.4, 0.5) is 0 Å². The van der Waals surface area contributed by atoms with Crippen LogP contribution in [0, 0.1) is 11.8 Å². The van der Waals surface area contributed by atoms with Crippen molar-refractivity contribution in [1.29, 1.82) is 0 Å². The molecular formula is C22H30N2O3. The lowest BCUT2D eigenvalue weighted by Crippen LogP contribution is -2.57. The fourth-order valence-corrected chi connectivity index (χ4v) is 4.70. The average molecular weight is 370 g/mol. The molecule has 5 nitrogen and oxygen atoms in total. The van der Waals surface area contributed by atoms with Gasteiger partial charge in [0.2, 0.25) is 11.8 Å². The second-order valence-electron chi connectivity index (χ2n) is 8.60. The van der Waals surface area contributed by atoms with Gasteiger partial charge in [-0.05, 0) is 50.5 Å². The monoisotopic (exact) mass is 370 g/mol. The molecule has 1 N–H and O–H groups in total. The van der Waals surface area contributed by atoms with E-state index < -0.39 is 11.8 Å². The van der Waals surface area contributed by atoms with Crippen LogP contribution in [0.15, 0.2) is 30.3 Å². The Kier molecular flexibility index (Phi) is 4.97. The fraction of sp³-hybridized carbons (Fsp3) is 0.636. The third kappa shape index (κ3) is 3.62. The second-order valence-corrected chi connectivity index (χ2v) is 8.60. The molecule has 0 aromatic heterocycles. The van der Waals surface area contributed by atoms with Gasteiger partial charge >= 0.3 is 0 Å². The highest BCUT2D eigenvalue weighted by Gasteiger charge is 2.56. The first kappa shape index (κ1) is 18.5. The summed E-state index contributed by atoms with van der Waals surface area (Å²) in [6, 6.07) is 9.30. The summed E-state index contributed by atoms with van der Waals surface area (Å²) in [5.74, 6) is 0.616. The largest absolute Gasteiger partial charge is 0.353 e. The molecule has 4 atom stereocenters. The molecule has 0 bridgehead atoms. The molecule has 1 spiro atoms. The van der Waals surface area contributed by atoms with Crippen LogP contribution < -0.4 is 5.32 Å². The molecule has 1 saturated heterocycles. The summed E-state index contributed by atoms with van der Waals surface area (Å²) >= 11 is 0. The van der Waals surface area contributed by atoms with Crippen LogP contribution in [0.2, 0.25) is 0 Å². The summed E-state index contributed by atoms with van der Waals surface area (Å²) in [6.07, 6.45) is 5.77. The van der Waals surface area contributed by atoms with Crippen LogP contribution in [0.25, 0.3) is 0 Å². The van der Waals surface area contributed by atoms with Crippen molar-refractivity contribution in [2.75, 3.05) is 6.61 Å². The van der Waals surface area contributed by atoms with E-state index in [2.05, 4.69) is 12.2 Å². The molecule has 3 aliphatic rings. The van der Waals surface area contributed by atoms with Crippen molar-refractivity contribution in [2.45, 2.75) is 70.2 Å². The number of carbonyl (C=O) groups is 2. The van der Waals surface area contributed by atoms with Crippen molar-refractivity contribution in [3.8, 4) is 0 Å². The summed E-state index contributed by atoms with van der Waals surface area (Å²) < 4.78 is 6.23. The lowest BCUT2D eigenvalue weighted by Gasteiger charge is -2.43. The Morgan fingerprint density at radius 1 is 1.22 bits per heavy atom. The SMILES string of the molecule is C[C@@H]1CCC[C@]2(C1)OC[C@@H](C(=O)N[C@@H](C)c1ccccc1)N2C(=O)C1CC1. The zero-order valence-corrected chi connectivity index (χ0v) is 16.3. The Balaban J connectivity index is 1.53. The highest BCUT2D eigenvalue weighted by Crippen LogP contribution is 2.45. The fourth-order valence-electron chi connectivity index (χ4n) is 4.70. The molecule has 2 aliphatic carbocycles. The molecular weight excluding hydrogens is 340 g/mol. The zero-order valence-electron chi connectivity index (χ0n) is 16.3. The Bertz CT molecular complexity index is 703. The molecule has 146 valence electrons. The lowest BCUT2D eigenvalue weighted by molar-refractivity contribution is -0.164. The Morgan fingerprint density at radius 3 is 2.63 bits per heavy atom. The first-order valence-corrected chi connectivity index (χ1v) is 10.3. The summed E-state index contributed by atoms with van der Waals surface area (Å²) in [5.41, 5.74) is 0.487. The van der Waals surface area contributed by atoms with Crippen LogP contribution in [0.3, 0.4) is 0 Å². The maximum Gasteiger partial charge on any atom is 0.245 e. The molecule has 0 radical (unpaired) electrons. The molecule has 1 heterocycles. The first-order valence-electron chi connectivity index (χ1n) is 10.3. The van der Waals surface area contributed by atoms with Gasteiger partial charge in [-0.25, -0.2) is 0 Å². The van der Waals surface area contributed by atoms with Gasteiger partial charge in [0, 0.05) is 5.92 Å². The van der Waals surface area contributed by atoms with E-state index in [-0.39, 0.29) is 23.8 Å². The summed E-state index contributed by atoms with van der Waals surface area (Å²) in [6.45, 7) is 4.50. The van der Waals surface area contributed by atoms with E-state index in [1.54, 1.807) is 0 Å². The molecule has 2 saturated carbocycles. The smallest absolute Gasteiger partial charge is 0.245 e. The molecule has 1 aromatic carbocycles. The lowest BCUT2D eigenvalue weighted by atomic mass is 9.83. The molecule has 4 rings (SSSR count). The maximum atomic E-state index is 13.1. The van der Waals surface area contributed by atoms with Gasteiger partial charge in [0.15, 0.2) is 0 Å². The van der Waals surface area contributed by atoms with Gasteiger partial charge in [-0.15, -0.1) is 0 Å². The average Bonchev–Trinajstić information content (AvgIpc) is 3.45. The Hall–Kier alpha value is -1.88. The van der Waals surface area contributed by atoms with Crippen molar-refractivity contribution in [1.82, 2.24) is 10.2 Å². The van der Waals surface area contributed by atoms with Crippen molar-refractivity contribution >= 4 is 11.8 Å².